The summed E-state index contributed by atoms with van der Waals surface area (Å²) in [6.07, 6.45) is 3.79. The van der Waals surface area contributed by atoms with E-state index >= 15 is 0 Å². The quantitative estimate of drug-likeness (QED) is 0.606. The minimum absolute atomic E-state index is 0.226. The van der Waals surface area contributed by atoms with E-state index in [4.69, 9.17) is 21.1 Å². The number of methoxy groups -OCH3 is 1. The molecule has 1 N–H and O–H groups in total. The summed E-state index contributed by atoms with van der Waals surface area (Å²) in [6.45, 7) is 4.76. The molecule has 0 spiro atoms. The van der Waals surface area contributed by atoms with Gasteiger partial charge in [0, 0.05) is 44.6 Å². The first-order valence-corrected chi connectivity index (χ1v) is 10.7. The van der Waals surface area contributed by atoms with E-state index in [-0.39, 0.29) is 5.91 Å². The molecule has 1 fully saturated rings. The summed E-state index contributed by atoms with van der Waals surface area (Å²) < 4.78 is 12.8. The van der Waals surface area contributed by atoms with E-state index in [1.54, 1.807) is 19.2 Å². The second-order valence-electron chi connectivity index (χ2n) is 7.49. The van der Waals surface area contributed by atoms with E-state index in [9.17, 15) is 4.79 Å². The van der Waals surface area contributed by atoms with Crippen molar-refractivity contribution < 1.29 is 14.3 Å². The first-order valence-electron chi connectivity index (χ1n) is 10.3. The highest BCUT2D eigenvalue weighted by molar-refractivity contribution is 6.33. The average Bonchev–Trinajstić information content (AvgIpc) is 3.33. The van der Waals surface area contributed by atoms with Gasteiger partial charge >= 0.3 is 0 Å². The van der Waals surface area contributed by atoms with Crippen LogP contribution >= 0.6 is 11.6 Å². The van der Waals surface area contributed by atoms with Gasteiger partial charge in [0.05, 0.1) is 36.6 Å². The summed E-state index contributed by atoms with van der Waals surface area (Å²) in [5, 5.41) is 3.47. The van der Waals surface area contributed by atoms with Crippen molar-refractivity contribution in [2.75, 3.05) is 33.4 Å². The number of hydrogen-bond acceptors (Lipinski definition) is 4. The zero-order chi connectivity index (χ0) is 21.6. The van der Waals surface area contributed by atoms with Crippen LogP contribution in [0.4, 0.5) is 0 Å². The second-order valence-corrected chi connectivity index (χ2v) is 7.89. The highest BCUT2D eigenvalue weighted by atomic mass is 35.5. The SMILES string of the molecule is COc1cc(-n2cccc2)c(Cl)cc1C(=O)NCc1cccc(CN2CCOCC2)c1. The summed E-state index contributed by atoms with van der Waals surface area (Å²) in [7, 11) is 1.55. The number of benzene rings is 2. The number of halogens is 1. The number of nitrogens with zero attached hydrogens (tertiary/aromatic N) is 2. The van der Waals surface area contributed by atoms with Gasteiger partial charge in [-0.15, -0.1) is 0 Å². The van der Waals surface area contributed by atoms with Gasteiger partial charge in [0.25, 0.3) is 5.91 Å². The maximum absolute atomic E-state index is 12.9. The molecule has 2 aromatic carbocycles. The lowest BCUT2D eigenvalue weighted by Gasteiger charge is -2.26. The number of hydrogen-bond donors (Lipinski definition) is 1. The highest BCUT2D eigenvalue weighted by Gasteiger charge is 2.17. The van der Waals surface area contributed by atoms with Gasteiger partial charge in [-0.1, -0.05) is 35.9 Å². The van der Waals surface area contributed by atoms with Crippen molar-refractivity contribution in [2.45, 2.75) is 13.1 Å². The molecule has 162 valence electrons. The smallest absolute Gasteiger partial charge is 0.255 e. The van der Waals surface area contributed by atoms with Crippen LogP contribution in [0.15, 0.2) is 60.9 Å². The standard InChI is InChI=1S/C24H26ClN3O3/c1-30-23-15-22(28-7-2-3-8-28)21(25)14-20(23)24(29)26-16-18-5-4-6-19(13-18)17-27-9-11-31-12-10-27/h2-8,13-15H,9-12,16-17H2,1H3,(H,26,29). The van der Waals surface area contributed by atoms with Crippen LogP contribution in [-0.2, 0) is 17.8 Å². The first-order chi connectivity index (χ1) is 15.1. The molecule has 0 bridgehead atoms. The van der Waals surface area contributed by atoms with E-state index in [0.717, 1.165) is 44.1 Å². The molecule has 7 heteroatoms. The number of nitrogens with one attached hydrogen (secondary N) is 1. The largest absolute Gasteiger partial charge is 0.496 e. The van der Waals surface area contributed by atoms with Crippen LogP contribution < -0.4 is 10.1 Å². The Morgan fingerprint density at radius 1 is 1.10 bits per heavy atom. The Balaban J connectivity index is 1.44. The molecule has 31 heavy (non-hydrogen) atoms. The molecule has 1 aliphatic heterocycles. The third-order valence-corrected chi connectivity index (χ3v) is 5.65. The van der Waals surface area contributed by atoms with Gasteiger partial charge in [0.15, 0.2) is 0 Å². The van der Waals surface area contributed by atoms with Crippen LogP contribution in [-0.4, -0.2) is 48.8 Å². The molecule has 2 heterocycles. The van der Waals surface area contributed by atoms with E-state index in [0.29, 0.717) is 22.9 Å². The van der Waals surface area contributed by atoms with Crippen molar-refractivity contribution in [3.05, 3.63) is 82.6 Å². The van der Waals surface area contributed by atoms with E-state index < -0.39 is 0 Å². The maximum Gasteiger partial charge on any atom is 0.255 e. The van der Waals surface area contributed by atoms with Crippen LogP contribution in [0.3, 0.4) is 0 Å². The Labute approximate surface area is 187 Å². The Kier molecular flexibility index (Phi) is 6.92. The predicted octanol–water partition coefficient (Wildman–Crippen LogP) is 3.90. The number of aromatic nitrogens is 1. The van der Waals surface area contributed by atoms with Gasteiger partial charge < -0.3 is 19.4 Å². The predicted molar refractivity (Wildman–Crippen MR) is 121 cm³/mol. The number of amides is 1. The number of morpholine rings is 1. The fourth-order valence-electron chi connectivity index (χ4n) is 3.71. The summed E-state index contributed by atoms with van der Waals surface area (Å²) in [5.41, 5.74) is 3.45. The van der Waals surface area contributed by atoms with E-state index in [2.05, 4.69) is 22.3 Å². The van der Waals surface area contributed by atoms with Crippen molar-refractivity contribution in [1.29, 1.82) is 0 Å². The van der Waals surface area contributed by atoms with Gasteiger partial charge in [0.2, 0.25) is 0 Å². The number of carbonyl (C=O) groups is 1. The Bertz CT molecular complexity index is 1030. The van der Waals surface area contributed by atoms with E-state index in [1.807, 2.05) is 41.2 Å². The average molecular weight is 440 g/mol. The van der Waals surface area contributed by atoms with Crippen molar-refractivity contribution in [1.82, 2.24) is 14.8 Å². The van der Waals surface area contributed by atoms with Gasteiger partial charge in [-0.05, 0) is 29.3 Å². The van der Waals surface area contributed by atoms with Crippen molar-refractivity contribution in [2.24, 2.45) is 0 Å². The molecule has 0 unspecified atom stereocenters. The van der Waals surface area contributed by atoms with Gasteiger partial charge in [-0.25, -0.2) is 0 Å². The molecular weight excluding hydrogens is 414 g/mol. The molecule has 0 radical (unpaired) electrons. The normalized spacial score (nSPS) is 14.4. The van der Waals surface area contributed by atoms with Gasteiger partial charge in [-0.3, -0.25) is 9.69 Å². The lowest BCUT2D eigenvalue weighted by atomic mass is 10.1. The maximum atomic E-state index is 12.9. The van der Waals surface area contributed by atoms with Crippen LogP contribution in [0, 0.1) is 0 Å². The molecule has 1 aromatic heterocycles. The minimum atomic E-state index is -0.226. The van der Waals surface area contributed by atoms with Crippen molar-refractivity contribution in [3.8, 4) is 11.4 Å². The number of carbonyl (C=O) groups excluding carboxylic acids is 1. The molecule has 6 nitrogen and oxygen atoms in total. The zero-order valence-corrected chi connectivity index (χ0v) is 18.3. The van der Waals surface area contributed by atoms with Crippen LogP contribution in [0.2, 0.25) is 5.02 Å². The first kappa shape index (κ1) is 21.4. The summed E-state index contributed by atoms with van der Waals surface area (Å²) >= 11 is 6.45. The molecule has 0 atom stereocenters. The summed E-state index contributed by atoms with van der Waals surface area (Å²) in [5.74, 6) is 0.253. The molecular formula is C24H26ClN3O3. The lowest BCUT2D eigenvalue weighted by Crippen LogP contribution is -2.35. The number of ether oxygens (including phenoxy) is 2. The zero-order valence-electron chi connectivity index (χ0n) is 17.5. The fourth-order valence-corrected chi connectivity index (χ4v) is 3.98. The fraction of sp³-hybridized carbons (Fsp3) is 0.292. The highest BCUT2D eigenvalue weighted by Crippen LogP contribution is 2.30. The van der Waals surface area contributed by atoms with Gasteiger partial charge in [0.1, 0.15) is 5.75 Å². The topological polar surface area (TPSA) is 55.7 Å². The van der Waals surface area contributed by atoms with Crippen molar-refractivity contribution in [3.63, 3.8) is 0 Å². The van der Waals surface area contributed by atoms with E-state index in [1.165, 1.54) is 5.56 Å². The molecule has 4 rings (SSSR count). The third-order valence-electron chi connectivity index (χ3n) is 5.35. The monoisotopic (exact) mass is 439 g/mol. The van der Waals surface area contributed by atoms with Crippen LogP contribution in [0.1, 0.15) is 21.5 Å². The third kappa shape index (κ3) is 5.28. The second kappa shape index (κ2) is 10.0. The minimum Gasteiger partial charge on any atom is -0.496 e. The summed E-state index contributed by atoms with van der Waals surface area (Å²) in [6, 6.07) is 15.6. The molecule has 0 aliphatic carbocycles. The molecule has 3 aromatic rings. The van der Waals surface area contributed by atoms with Gasteiger partial charge in [-0.2, -0.15) is 0 Å². The number of rotatable bonds is 7. The Morgan fingerprint density at radius 2 is 1.84 bits per heavy atom. The molecule has 1 saturated heterocycles. The van der Waals surface area contributed by atoms with Crippen LogP contribution in [0.25, 0.3) is 5.69 Å². The Hall–Kier alpha value is -2.80. The molecule has 1 aliphatic rings. The molecule has 0 saturated carbocycles. The molecule has 1 amide bonds. The lowest BCUT2D eigenvalue weighted by molar-refractivity contribution is 0.0342. The van der Waals surface area contributed by atoms with Crippen molar-refractivity contribution >= 4 is 17.5 Å². The Morgan fingerprint density at radius 3 is 2.58 bits per heavy atom. The van der Waals surface area contributed by atoms with Crippen LogP contribution in [0.5, 0.6) is 5.75 Å². The summed E-state index contributed by atoms with van der Waals surface area (Å²) in [4.78, 5) is 15.2.